The van der Waals surface area contributed by atoms with Gasteiger partial charge in [-0.2, -0.15) is 22.7 Å². The number of hydrogen-bond donors (Lipinski definition) is 2. The van der Waals surface area contributed by atoms with Gasteiger partial charge in [-0.25, -0.2) is 14.5 Å². The lowest BCUT2D eigenvalue weighted by atomic mass is 10.2. The molecule has 0 radical (unpaired) electrons. The third kappa shape index (κ3) is 11.1. The molecule has 0 aliphatic carbocycles. The molecular weight excluding hydrogens is 518 g/mol. The molecular formula is C23H37N7O7S. The van der Waals surface area contributed by atoms with Crippen LogP contribution in [0.4, 0.5) is 10.7 Å². The van der Waals surface area contributed by atoms with Crippen molar-refractivity contribution in [3.63, 3.8) is 0 Å². The molecule has 0 aromatic carbocycles. The van der Waals surface area contributed by atoms with E-state index in [1.807, 2.05) is 9.62 Å². The Morgan fingerprint density at radius 1 is 0.947 bits per heavy atom. The van der Waals surface area contributed by atoms with Gasteiger partial charge >= 0.3 is 22.2 Å². The number of urea groups is 1. The van der Waals surface area contributed by atoms with E-state index in [0.29, 0.717) is 30.7 Å². The van der Waals surface area contributed by atoms with Crippen molar-refractivity contribution >= 4 is 40.3 Å². The molecule has 1 aliphatic rings. The largest absolute Gasteiger partial charge is 0.460 e. The van der Waals surface area contributed by atoms with Crippen LogP contribution in [0.25, 0.3) is 12.2 Å². The molecule has 0 unspecified atom stereocenters. The summed E-state index contributed by atoms with van der Waals surface area (Å²) < 4.78 is 44.2. The first-order chi connectivity index (χ1) is 17.9. The standard InChI is InChI=1S/C23H37N7O7S/c1-6-18-25-19(7-2)27-21(26-18)29-10-12-30(13-11-29)38(33,34)28-22(32)24-9-15-36-17-16-35-14-8-20(31)37-23(3,4)5/h6-7H,1-2,8-17H2,3-5H3,(H2,24,28,32). The van der Waals surface area contributed by atoms with Crippen LogP contribution in [0.5, 0.6) is 0 Å². The highest BCUT2D eigenvalue weighted by Gasteiger charge is 2.29. The van der Waals surface area contributed by atoms with E-state index in [0.717, 1.165) is 0 Å². The van der Waals surface area contributed by atoms with Crippen LogP contribution in [0.1, 0.15) is 38.8 Å². The summed E-state index contributed by atoms with van der Waals surface area (Å²) in [6.45, 7) is 14.6. The number of nitrogens with zero attached hydrogens (tertiary/aromatic N) is 5. The molecule has 14 nitrogen and oxygen atoms in total. The number of nitrogens with one attached hydrogen (secondary N) is 2. The lowest BCUT2D eigenvalue weighted by Crippen LogP contribution is -2.54. The fourth-order valence-corrected chi connectivity index (χ4v) is 4.25. The van der Waals surface area contributed by atoms with Crippen LogP contribution >= 0.6 is 0 Å². The van der Waals surface area contributed by atoms with Gasteiger partial charge in [0.1, 0.15) is 5.60 Å². The Bertz CT molecular complexity index is 1040. The van der Waals surface area contributed by atoms with Gasteiger partial charge in [0.15, 0.2) is 11.6 Å². The lowest BCUT2D eigenvalue weighted by Gasteiger charge is -2.33. The minimum absolute atomic E-state index is 0.101. The molecule has 1 aromatic heterocycles. The first-order valence-electron chi connectivity index (χ1n) is 12.1. The van der Waals surface area contributed by atoms with Gasteiger partial charge in [-0.3, -0.25) is 4.79 Å². The van der Waals surface area contributed by atoms with Gasteiger partial charge in [0.25, 0.3) is 0 Å². The van der Waals surface area contributed by atoms with Gasteiger partial charge in [-0.05, 0) is 32.9 Å². The van der Waals surface area contributed by atoms with Crippen LogP contribution in [0, 0.1) is 0 Å². The van der Waals surface area contributed by atoms with Gasteiger partial charge < -0.3 is 24.4 Å². The van der Waals surface area contributed by atoms with Crippen LogP contribution < -0.4 is 14.9 Å². The van der Waals surface area contributed by atoms with E-state index in [1.165, 1.54) is 16.5 Å². The molecule has 0 saturated carbocycles. The van der Waals surface area contributed by atoms with Crippen molar-refractivity contribution < 1.29 is 32.2 Å². The third-order valence-corrected chi connectivity index (χ3v) is 6.37. The molecule has 38 heavy (non-hydrogen) atoms. The quantitative estimate of drug-likeness (QED) is 0.244. The Kier molecular flexibility index (Phi) is 12.0. The highest BCUT2D eigenvalue weighted by molar-refractivity contribution is 7.87. The summed E-state index contributed by atoms with van der Waals surface area (Å²) in [6, 6.07) is -0.853. The maximum atomic E-state index is 12.6. The number of carbonyl (C=O) groups is 2. The van der Waals surface area contributed by atoms with Gasteiger partial charge in [-0.15, -0.1) is 0 Å². The number of aromatic nitrogens is 3. The predicted molar refractivity (Wildman–Crippen MR) is 141 cm³/mol. The van der Waals surface area contributed by atoms with Crippen molar-refractivity contribution in [3.05, 3.63) is 24.8 Å². The normalized spacial score (nSPS) is 14.6. The van der Waals surface area contributed by atoms with Gasteiger partial charge in [0, 0.05) is 32.7 Å². The summed E-state index contributed by atoms with van der Waals surface area (Å²) in [4.78, 5) is 38.2. The molecule has 1 aromatic rings. The second-order valence-electron chi connectivity index (χ2n) is 9.07. The smallest absolute Gasteiger partial charge is 0.329 e. The number of piperazine rings is 1. The molecule has 2 amide bonds. The Labute approximate surface area is 223 Å². The number of anilines is 1. The molecule has 1 saturated heterocycles. The van der Waals surface area contributed by atoms with E-state index in [4.69, 9.17) is 14.2 Å². The third-order valence-electron chi connectivity index (χ3n) is 4.88. The SMILES string of the molecule is C=Cc1nc(C=C)nc(N2CCN(S(=O)(=O)NC(=O)NCCOCCOCCC(=O)OC(C)(C)C)CC2)n1. The van der Waals surface area contributed by atoms with Crippen LogP contribution in [0.3, 0.4) is 0 Å². The number of ether oxygens (including phenoxy) is 3. The summed E-state index contributed by atoms with van der Waals surface area (Å²) >= 11 is 0. The summed E-state index contributed by atoms with van der Waals surface area (Å²) in [5.41, 5.74) is -0.532. The molecule has 0 bridgehead atoms. The second-order valence-corrected chi connectivity index (χ2v) is 10.7. The molecule has 1 aliphatic heterocycles. The maximum absolute atomic E-state index is 12.6. The topological polar surface area (TPSA) is 165 Å². The molecule has 0 spiro atoms. The highest BCUT2D eigenvalue weighted by atomic mass is 32.2. The molecule has 1 fully saturated rings. The Morgan fingerprint density at radius 3 is 2.08 bits per heavy atom. The summed E-state index contributed by atoms with van der Waals surface area (Å²) in [5.74, 6) is 0.861. The molecule has 212 valence electrons. The Morgan fingerprint density at radius 2 is 1.53 bits per heavy atom. The number of amides is 2. The summed E-state index contributed by atoms with van der Waals surface area (Å²) in [5, 5.41) is 2.44. The highest BCUT2D eigenvalue weighted by Crippen LogP contribution is 2.14. The fraction of sp³-hybridized carbons (Fsp3) is 0.609. The molecule has 2 rings (SSSR count). The zero-order chi connectivity index (χ0) is 28.2. The average molecular weight is 556 g/mol. The summed E-state index contributed by atoms with van der Waals surface area (Å²) in [7, 11) is -4.03. The predicted octanol–water partition coefficient (Wildman–Crippen LogP) is 0.589. The van der Waals surface area contributed by atoms with Crippen molar-refractivity contribution in [1.29, 1.82) is 0 Å². The van der Waals surface area contributed by atoms with Crippen LogP contribution in [-0.2, 0) is 29.2 Å². The number of hydrogen-bond acceptors (Lipinski definition) is 11. The van der Waals surface area contributed by atoms with Crippen LogP contribution in [-0.4, -0.2) is 104 Å². The van der Waals surface area contributed by atoms with E-state index in [-0.39, 0.29) is 58.5 Å². The number of carbonyl (C=O) groups excluding carboxylic acids is 2. The van der Waals surface area contributed by atoms with Crippen LogP contribution in [0.15, 0.2) is 13.2 Å². The van der Waals surface area contributed by atoms with E-state index >= 15 is 0 Å². The zero-order valence-corrected chi connectivity index (χ0v) is 23.0. The van der Waals surface area contributed by atoms with E-state index in [9.17, 15) is 18.0 Å². The monoisotopic (exact) mass is 555 g/mol. The van der Waals surface area contributed by atoms with E-state index in [2.05, 4.69) is 33.4 Å². The minimum atomic E-state index is -4.03. The van der Waals surface area contributed by atoms with Crippen molar-refractivity contribution in [2.45, 2.75) is 32.8 Å². The zero-order valence-electron chi connectivity index (χ0n) is 22.1. The fourth-order valence-electron chi connectivity index (χ4n) is 3.17. The lowest BCUT2D eigenvalue weighted by molar-refractivity contribution is -0.156. The van der Waals surface area contributed by atoms with Crippen molar-refractivity contribution in [3.8, 4) is 0 Å². The number of esters is 1. The first-order valence-corrected chi connectivity index (χ1v) is 13.6. The van der Waals surface area contributed by atoms with Gasteiger partial charge in [-0.1, -0.05) is 13.2 Å². The van der Waals surface area contributed by atoms with Gasteiger partial charge in [0.05, 0.1) is 32.8 Å². The number of rotatable bonds is 14. The van der Waals surface area contributed by atoms with E-state index < -0.39 is 21.8 Å². The van der Waals surface area contributed by atoms with Crippen molar-refractivity contribution in [1.82, 2.24) is 29.3 Å². The van der Waals surface area contributed by atoms with Crippen molar-refractivity contribution in [2.24, 2.45) is 0 Å². The average Bonchev–Trinajstić information content (AvgIpc) is 2.86. The Hall–Kier alpha value is -3.14. The molecule has 2 heterocycles. The molecule has 2 N–H and O–H groups in total. The first kappa shape index (κ1) is 31.1. The van der Waals surface area contributed by atoms with Gasteiger partial charge in [0.2, 0.25) is 5.95 Å². The van der Waals surface area contributed by atoms with Crippen LogP contribution in [0.2, 0.25) is 0 Å². The summed E-state index contributed by atoms with van der Waals surface area (Å²) in [6.07, 6.45) is 3.14. The Balaban J connectivity index is 1.62. The minimum Gasteiger partial charge on any atom is -0.460 e. The van der Waals surface area contributed by atoms with E-state index in [1.54, 1.807) is 20.8 Å². The van der Waals surface area contributed by atoms with Crippen molar-refractivity contribution in [2.75, 3.05) is 64.1 Å². The maximum Gasteiger partial charge on any atom is 0.329 e. The second kappa shape index (κ2) is 14.7. The molecule has 0 atom stereocenters. The molecule has 15 heteroatoms.